The molecule has 2 heterocycles. The van der Waals surface area contributed by atoms with E-state index >= 15 is 0 Å². The van der Waals surface area contributed by atoms with Crippen molar-refractivity contribution in [2.24, 2.45) is 11.3 Å². The summed E-state index contributed by atoms with van der Waals surface area (Å²) in [5.41, 5.74) is 1.76. The highest BCUT2D eigenvalue weighted by molar-refractivity contribution is 7.89. The lowest BCUT2D eigenvalue weighted by atomic mass is 10.0. The number of hydrogen-bond donors (Lipinski definition) is 1. The van der Waals surface area contributed by atoms with E-state index in [9.17, 15) is 13.2 Å². The number of aromatic nitrogens is 2. The van der Waals surface area contributed by atoms with Gasteiger partial charge in [0, 0.05) is 22.7 Å². The Hall–Kier alpha value is -1.41. The summed E-state index contributed by atoms with van der Waals surface area (Å²) in [6, 6.07) is 0. The van der Waals surface area contributed by atoms with Gasteiger partial charge in [-0.15, -0.1) is 11.3 Å². The molecular weight excluding hydrogens is 310 g/mol. The van der Waals surface area contributed by atoms with Crippen molar-refractivity contribution in [2.45, 2.75) is 26.2 Å². The summed E-state index contributed by atoms with van der Waals surface area (Å²) in [6.07, 6.45) is 3.61. The van der Waals surface area contributed by atoms with E-state index in [1.165, 1.54) is 10.6 Å². The Kier molecular flexibility index (Phi) is 2.32. The van der Waals surface area contributed by atoms with Crippen LogP contribution >= 0.6 is 11.3 Å². The highest BCUT2D eigenvalue weighted by Gasteiger charge is 2.63. The van der Waals surface area contributed by atoms with Gasteiger partial charge in [0.1, 0.15) is 5.69 Å². The topological polar surface area (TPSA) is 80.5 Å². The molecule has 2 atom stereocenters. The molecular formula is C13H15N3O3S2. The molecule has 0 aliphatic heterocycles. The van der Waals surface area contributed by atoms with Gasteiger partial charge < -0.3 is 0 Å². The van der Waals surface area contributed by atoms with Gasteiger partial charge in [-0.2, -0.15) is 0 Å². The molecule has 21 heavy (non-hydrogen) atoms. The van der Waals surface area contributed by atoms with Crippen LogP contribution in [0.15, 0.2) is 6.20 Å². The largest absolute Gasteiger partial charge is 0.294 e. The van der Waals surface area contributed by atoms with Crippen molar-refractivity contribution in [1.29, 1.82) is 0 Å². The van der Waals surface area contributed by atoms with Crippen molar-refractivity contribution in [2.75, 3.05) is 6.26 Å². The molecule has 1 amide bonds. The van der Waals surface area contributed by atoms with Gasteiger partial charge in [-0.05, 0) is 17.8 Å². The standard InChI is InChI=1S/C13H15N3O3S2/c1-13(2)6-4-8-10(9(6)13)20-12-14-7(5-16(8)12)11(17)15-21(3,18)19/h5-6,9H,4H2,1-3H3,(H,15,17). The molecule has 1 N–H and O–H groups in total. The lowest BCUT2D eigenvalue weighted by Gasteiger charge is -2.07. The van der Waals surface area contributed by atoms with Crippen LogP contribution in [-0.4, -0.2) is 30.0 Å². The van der Waals surface area contributed by atoms with E-state index in [-0.39, 0.29) is 5.69 Å². The molecule has 1 saturated carbocycles. The second-order valence-electron chi connectivity index (χ2n) is 6.50. The zero-order valence-corrected chi connectivity index (χ0v) is 13.5. The average Bonchev–Trinajstić information content (AvgIpc) is 2.75. The van der Waals surface area contributed by atoms with Crippen molar-refractivity contribution < 1.29 is 13.2 Å². The van der Waals surface area contributed by atoms with Crippen molar-refractivity contribution in [1.82, 2.24) is 14.1 Å². The maximum Gasteiger partial charge on any atom is 0.284 e. The van der Waals surface area contributed by atoms with Gasteiger partial charge in [-0.1, -0.05) is 13.8 Å². The molecule has 6 nitrogen and oxygen atoms in total. The minimum Gasteiger partial charge on any atom is -0.294 e. The SMILES string of the molecule is CC1(C)C2Cc3c(sc4nc(C(=O)NS(C)(=O)=O)cn34)C21. The fourth-order valence-electron chi connectivity index (χ4n) is 3.53. The molecule has 112 valence electrons. The molecule has 0 saturated heterocycles. The molecule has 2 aromatic rings. The minimum atomic E-state index is -3.57. The monoisotopic (exact) mass is 325 g/mol. The predicted molar refractivity (Wildman–Crippen MR) is 79.1 cm³/mol. The van der Waals surface area contributed by atoms with Gasteiger partial charge in [-0.3, -0.25) is 9.20 Å². The summed E-state index contributed by atoms with van der Waals surface area (Å²) in [7, 11) is -3.57. The fourth-order valence-corrected chi connectivity index (χ4v) is 5.47. The van der Waals surface area contributed by atoms with E-state index in [0.29, 0.717) is 17.3 Å². The van der Waals surface area contributed by atoms with Crippen LogP contribution in [0.1, 0.15) is 40.8 Å². The number of nitrogens with one attached hydrogen (secondary N) is 1. The lowest BCUT2D eigenvalue weighted by molar-refractivity contribution is 0.0977. The number of sulfonamides is 1. The fraction of sp³-hybridized carbons (Fsp3) is 0.538. The Labute approximate surface area is 126 Å². The third-order valence-electron chi connectivity index (χ3n) is 4.71. The molecule has 0 aromatic carbocycles. The van der Waals surface area contributed by atoms with Crippen LogP contribution in [0.2, 0.25) is 0 Å². The molecule has 2 aromatic heterocycles. The summed E-state index contributed by atoms with van der Waals surface area (Å²) in [5, 5.41) is 0. The van der Waals surface area contributed by atoms with Crippen LogP contribution in [0.4, 0.5) is 0 Å². The molecule has 0 bridgehead atoms. The molecule has 0 radical (unpaired) electrons. The zero-order valence-electron chi connectivity index (χ0n) is 11.9. The first-order chi connectivity index (χ1) is 9.68. The third kappa shape index (κ3) is 1.78. The van der Waals surface area contributed by atoms with Crippen LogP contribution in [0, 0.1) is 11.3 Å². The maximum absolute atomic E-state index is 11.8. The lowest BCUT2D eigenvalue weighted by Crippen LogP contribution is -2.29. The van der Waals surface area contributed by atoms with Crippen LogP contribution < -0.4 is 4.72 Å². The molecule has 8 heteroatoms. The first-order valence-electron chi connectivity index (χ1n) is 6.71. The highest BCUT2D eigenvalue weighted by atomic mass is 32.2. The number of carbonyl (C=O) groups excluding carboxylic acids is 1. The van der Waals surface area contributed by atoms with Gasteiger partial charge in [0.2, 0.25) is 10.0 Å². The second kappa shape index (κ2) is 3.67. The minimum absolute atomic E-state index is 0.148. The normalized spacial score (nSPS) is 25.7. The highest BCUT2D eigenvalue weighted by Crippen LogP contribution is 2.71. The first-order valence-corrected chi connectivity index (χ1v) is 9.42. The predicted octanol–water partition coefficient (Wildman–Crippen LogP) is 1.38. The van der Waals surface area contributed by atoms with Crippen LogP contribution in [-0.2, 0) is 16.4 Å². The Morgan fingerprint density at radius 1 is 1.52 bits per heavy atom. The maximum atomic E-state index is 11.8. The quantitative estimate of drug-likeness (QED) is 0.904. The number of amides is 1. The van der Waals surface area contributed by atoms with Crippen LogP contribution in [0.3, 0.4) is 0 Å². The van der Waals surface area contributed by atoms with E-state index < -0.39 is 15.9 Å². The summed E-state index contributed by atoms with van der Waals surface area (Å²) < 4.78 is 26.1. The van der Waals surface area contributed by atoms with Crippen molar-refractivity contribution in [3.63, 3.8) is 0 Å². The number of imidazole rings is 1. The van der Waals surface area contributed by atoms with Gasteiger partial charge in [0.05, 0.1) is 6.26 Å². The number of hydrogen-bond acceptors (Lipinski definition) is 5. The van der Waals surface area contributed by atoms with E-state index in [2.05, 4.69) is 18.8 Å². The van der Waals surface area contributed by atoms with E-state index in [1.54, 1.807) is 17.5 Å². The van der Waals surface area contributed by atoms with Crippen molar-refractivity contribution in [3.8, 4) is 0 Å². The summed E-state index contributed by atoms with van der Waals surface area (Å²) >= 11 is 1.62. The van der Waals surface area contributed by atoms with Crippen LogP contribution in [0.25, 0.3) is 4.96 Å². The molecule has 0 spiro atoms. The molecule has 1 fully saturated rings. The van der Waals surface area contributed by atoms with Crippen molar-refractivity contribution in [3.05, 3.63) is 22.5 Å². The number of rotatable bonds is 2. The molecule has 2 unspecified atom stereocenters. The second-order valence-corrected chi connectivity index (χ2v) is 9.26. The zero-order chi connectivity index (χ0) is 15.2. The summed E-state index contributed by atoms with van der Waals surface area (Å²) in [5.74, 6) is 0.636. The third-order valence-corrected chi connectivity index (χ3v) is 6.44. The van der Waals surface area contributed by atoms with E-state index in [4.69, 9.17) is 0 Å². The Bertz CT molecular complexity index is 891. The number of fused-ring (bicyclic) bond motifs is 5. The van der Waals surface area contributed by atoms with E-state index in [1.807, 2.05) is 9.12 Å². The first kappa shape index (κ1) is 13.3. The van der Waals surface area contributed by atoms with Gasteiger partial charge in [0.15, 0.2) is 4.96 Å². The van der Waals surface area contributed by atoms with Crippen molar-refractivity contribution >= 4 is 32.2 Å². The smallest absolute Gasteiger partial charge is 0.284 e. The summed E-state index contributed by atoms with van der Waals surface area (Å²) in [4.78, 5) is 18.2. The molecule has 2 aliphatic rings. The van der Waals surface area contributed by atoms with Gasteiger partial charge in [-0.25, -0.2) is 18.1 Å². The van der Waals surface area contributed by atoms with Gasteiger partial charge in [0.25, 0.3) is 5.91 Å². The Morgan fingerprint density at radius 2 is 2.24 bits per heavy atom. The Balaban J connectivity index is 1.71. The summed E-state index contributed by atoms with van der Waals surface area (Å²) in [6.45, 7) is 4.58. The number of nitrogens with zero attached hydrogens (tertiary/aromatic N) is 2. The molecule has 2 aliphatic carbocycles. The van der Waals surface area contributed by atoms with Crippen LogP contribution in [0.5, 0.6) is 0 Å². The Morgan fingerprint density at radius 3 is 2.90 bits per heavy atom. The average molecular weight is 325 g/mol. The van der Waals surface area contributed by atoms with Gasteiger partial charge >= 0.3 is 0 Å². The molecule has 4 rings (SSSR count). The number of thiazole rings is 1. The number of carbonyl (C=O) groups is 1. The van der Waals surface area contributed by atoms with E-state index in [0.717, 1.165) is 17.6 Å².